The zero-order valence-corrected chi connectivity index (χ0v) is 12.7. The first-order valence-corrected chi connectivity index (χ1v) is 9.11. The lowest BCUT2D eigenvalue weighted by molar-refractivity contribution is -0.134. The molecule has 0 N–H and O–H groups in total. The van der Waals surface area contributed by atoms with E-state index in [4.69, 9.17) is 0 Å². The van der Waals surface area contributed by atoms with Gasteiger partial charge in [-0.1, -0.05) is 36.4 Å². The third-order valence-electron chi connectivity index (χ3n) is 4.25. The fraction of sp³-hybridized carbons (Fsp3) is 0.438. The zero-order chi connectivity index (χ0) is 14.9. The first-order chi connectivity index (χ1) is 10.1. The number of amides is 1. The van der Waals surface area contributed by atoms with Crippen molar-refractivity contribution in [3.05, 3.63) is 42.0 Å². The minimum absolute atomic E-state index is 0.000522. The van der Waals surface area contributed by atoms with Gasteiger partial charge in [-0.2, -0.15) is 0 Å². The fourth-order valence-electron chi connectivity index (χ4n) is 3.03. The van der Waals surface area contributed by atoms with Crippen LogP contribution in [0.2, 0.25) is 0 Å². The molecule has 0 saturated carbocycles. The van der Waals surface area contributed by atoms with E-state index in [9.17, 15) is 13.2 Å². The Labute approximate surface area is 125 Å². The van der Waals surface area contributed by atoms with Crippen LogP contribution in [0.5, 0.6) is 0 Å². The molecule has 2 aliphatic heterocycles. The summed E-state index contributed by atoms with van der Waals surface area (Å²) in [5.41, 5.74) is 2.46. The first-order valence-electron chi connectivity index (χ1n) is 7.29. The third kappa shape index (κ3) is 3.18. The van der Waals surface area contributed by atoms with Gasteiger partial charge in [0.2, 0.25) is 5.91 Å². The van der Waals surface area contributed by atoms with Gasteiger partial charge in [0.25, 0.3) is 0 Å². The molecule has 1 atom stereocenters. The molecule has 3 rings (SSSR count). The summed E-state index contributed by atoms with van der Waals surface area (Å²) in [7, 11) is -3.00. The Bertz CT molecular complexity index is 664. The van der Waals surface area contributed by atoms with Crippen molar-refractivity contribution in [2.24, 2.45) is 5.92 Å². The number of sulfone groups is 1. The van der Waals surface area contributed by atoms with Crippen molar-refractivity contribution >= 4 is 21.3 Å². The van der Waals surface area contributed by atoms with Gasteiger partial charge in [0.05, 0.1) is 17.4 Å². The summed E-state index contributed by atoms with van der Waals surface area (Å²) in [6.07, 6.45) is 3.39. The number of benzene rings is 1. The van der Waals surface area contributed by atoms with Crippen LogP contribution < -0.4 is 0 Å². The van der Waals surface area contributed by atoms with Gasteiger partial charge in [0, 0.05) is 13.1 Å². The molecule has 1 amide bonds. The standard InChI is InChI=1S/C16H19NO3S/c18-16(15-8-11-21(19,20)12-15)17-9-6-14(7-10-17)13-4-2-1-3-5-13/h1-6,15H,7-12H2/t15-/m1/s1. The second kappa shape index (κ2) is 5.64. The van der Waals surface area contributed by atoms with Crippen LogP contribution in [0.1, 0.15) is 18.4 Å². The summed E-state index contributed by atoms with van der Waals surface area (Å²) in [4.78, 5) is 14.2. The van der Waals surface area contributed by atoms with Gasteiger partial charge in [-0.25, -0.2) is 8.42 Å². The monoisotopic (exact) mass is 305 g/mol. The predicted molar refractivity (Wildman–Crippen MR) is 82.4 cm³/mol. The van der Waals surface area contributed by atoms with Gasteiger partial charge in [-0.05, 0) is 24.0 Å². The molecule has 0 radical (unpaired) electrons. The van der Waals surface area contributed by atoms with Crippen LogP contribution in [-0.2, 0) is 14.6 Å². The Kier molecular flexibility index (Phi) is 3.85. The first kappa shape index (κ1) is 14.3. The molecule has 0 spiro atoms. The minimum atomic E-state index is -3.00. The number of hydrogen-bond acceptors (Lipinski definition) is 3. The molecule has 1 aromatic rings. The summed E-state index contributed by atoms with van der Waals surface area (Å²) in [6.45, 7) is 1.26. The van der Waals surface area contributed by atoms with E-state index < -0.39 is 9.84 Å². The van der Waals surface area contributed by atoms with Crippen LogP contribution in [0.4, 0.5) is 0 Å². The molecule has 0 aromatic heterocycles. The molecule has 112 valence electrons. The average Bonchev–Trinajstić information content (AvgIpc) is 2.88. The molecule has 0 unspecified atom stereocenters. The van der Waals surface area contributed by atoms with E-state index in [1.165, 1.54) is 11.1 Å². The molecule has 21 heavy (non-hydrogen) atoms. The third-order valence-corrected chi connectivity index (χ3v) is 6.02. The van der Waals surface area contributed by atoms with E-state index in [-0.39, 0.29) is 23.3 Å². The van der Waals surface area contributed by atoms with Crippen LogP contribution in [0.3, 0.4) is 0 Å². The highest BCUT2D eigenvalue weighted by Gasteiger charge is 2.35. The molecule has 1 saturated heterocycles. The van der Waals surface area contributed by atoms with Crippen molar-refractivity contribution in [1.82, 2.24) is 4.90 Å². The van der Waals surface area contributed by atoms with Crippen LogP contribution in [0.15, 0.2) is 36.4 Å². The summed E-state index contributed by atoms with van der Waals surface area (Å²) >= 11 is 0. The van der Waals surface area contributed by atoms with Crippen LogP contribution in [-0.4, -0.2) is 43.8 Å². The second-order valence-electron chi connectivity index (χ2n) is 5.73. The lowest BCUT2D eigenvalue weighted by Gasteiger charge is -2.28. The van der Waals surface area contributed by atoms with Crippen molar-refractivity contribution in [1.29, 1.82) is 0 Å². The van der Waals surface area contributed by atoms with Crippen molar-refractivity contribution in [3.63, 3.8) is 0 Å². The molecule has 0 aliphatic carbocycles. The minimum Gasteiger partial charge on any atom is -0.338 e. The van der Waals surface area contributed by atoms with Crippen molar-refractivity contribution in [2.75, 3.05) is 24.6 Å². The van der Waals surface area contributed by atoms with Crippen molar-refractivity contribution in [3.8, 4) is 0 Å². The van der Waals surface area contributed by atoms with Crippen molar-refractivity contribution < 1.29 is 13.2 Å². The maximum absolute atomic E-state index is 12.4. The largest absolute Gasteiger partial charge is 0.338 e. The van der Waals surface area contributed by atoms with Gasteiger partial charge in [-0.3, -0.25) is 4.79 Å². The highest BCUT2D eigenvalue weighted by Crippen LogP contribution is 2.25. The Balaban J connectivity index is 1.66. The summed E-state index contributed by atoms with van der Waals surface area (Å²) < 4.78 is 23.0. The van der Waals surface area contributed by atoms with Gasteiger partial charge in [0.1, 0.15) is 0 Å². The normalized spacial score (nSPS) is 24.7. The molecule has 1 aromatic carbocycles. The molecule has 0 bridgehead atoms. The molecule has 1 fully saturated rings. The van der Waals surface area contributed by atoms with E-state index in [0.717, 1.165) is 6.42 Å². The Morgan fingerprint density at radius 1 is 1.19 bits per heavy atom. The average molecular weight is 305 g/mol. The van der Waals surface area contributed by atoms with Crippen LogP contribution in [0.25, 0.3) is 5.57 Å². The van der Waals surface area contributed by atoms with Gasteiger partial charge in [-0.15, -0.1) is 0 Å². The number of nitrogens with zero attached hydrogens (tertiary/aromatic N) is 1. The fourth-order valence-corrected chi connectivity index (χ4v) is 4.76. The summed E-state index contributed by atoms with van der Waals surface area (Å²) in [5, 5.41) is 0. The smallest absolute Gasteiger partial charge is 0.227 e. The lowest BCUT2D eigenvalue weighted by atomic mass is 9.98. The van der Waals surface area contributed by atoms with E-state index in [1.807, 2.05) is 18.2 Å². The molecule has 4 nitrogen and oxygen atoms in total. The predicted octanol–water partition coefficient (Wildman–Crippen LogP) is 1.74. The maximum Gasteiger partial charge on any atom is 0.227 e. The van der Waals surface area contributed by atoms with E-state index in [1.54, 1.807) is 4.90 Å². The highest BCUT2D eigenvalue weighted by molar-refractivity contribution is 7.91. The number of carbonyl (C=O) groups is 1. The Hall–Kier alpha value is -1.62. The molecular formula is C16H19NO3S. The molecule has 2 aliphatic rings. The topological polar surface area (TPSA) is 54.5 Å². The summed E-state index contributed by atoms with van der Waals surface area (Å²) in [6, 6.07) is 10.2. The SMILES string of the molecule is O=C([C@@H]1CCS(=O)(=O)C1)N1CC=C(c2ccccc2)CC1. The maximum atomic E-state index is 12.4. The molecule has 2 heterocycles. The van der Waals surface area contributed by atoms with Gasteiger partial charge in [0.15, 0.2) is 9.84 Å². The second-order valence-corrected chi connectivity index (χ2v) is 7.96. The van der Waals surface area contributed by atoms with E-state index in [0.29, 0.717) is 19.5 Å². The van der Waals surface area contributed by atoms with Crippen LogP contribution in [0, 0.1) is 5.92 Å². The van der Waals surface area contributed by atoms with Crippen molar-refractivity contribution in [2.45, 2.75) is 12.8 Å². The summed E-state index contributed by atoms with van der Waals surface area (Å²) in [5.74, 6) is -0.152. The highest BCUT2D eigenvalue weighted by atomic mass is 32.2. The molecular weight excluding hydrogens is 286 g/mol. The number of rotatable bonds is 2. The van der Waals surface area contributed by atoms with Crippen LogP contribution >= 0.6 is 0 Å². The Morgan fingerprint density at radius 3 is 2.52 bits per heavy atom. The van der Waals surface area contributed by atoms with E-state index >= 15 is 0 Å². The van der Waals surface area contributed by atoms with E-state index in [2.05, 4.69) is 18.2 Å². The van der Waals surface area contributed by atoms with Gasteiger partial charge < -0.3 is 4.90 Å². The zero-order valence-electron chi connectivity index (χ0n) is 11.9. The van der Waals surface area contributed by atoms with Gasteiger partial charge >= 0.3 is 0 Å². The molecule has 5 heteroatoms. The number of hydrogen-bond donors (Lipinski definition) is 0. The quantitative estimate of drug-likeness (QED) is 0.836. The Morgan fingerprint density at radius 2 is 1.95 bits per heavy atom. The number of carbonyl (C=O) groups excluding carboxylic acids is 1. The lowest BCUT2D eigenvalue weighted by Crippen LogP contribution is -2.39.